The van der Waals surface area contributed by atoms with Crippen molar-refractivity contribution in [3.63, 3.8) is 0 Å². The van der Waals surface area contributed by atoms with Crippen molar-refractivity contribution in [2.45, 2.75) is 44.9 Å². The van der Waals surface area contributed by atoms with Crippen LogP contribution in [-0.2, 0) is 0 Å². The largest absolute Gasteiger partial charge is 0.0853 e. The van der Waals surface area contributed by atoms with E-state index in [0.717, 1.165) is 6.42 Å². The Bertz CT molecular complexity index is 101. The lowest BCUT2D eigenvalue weighted by Crippen LogP contribution is -1.79. The molecule has 0 saturated heterocycles. The highest BCUT2D eigenvalue weighted by atomic mass is 14.1. The third-order valence-electron chi connectivity index (χ3n) is 2.18. The van der Waals surface area contributed by atoms with Crippen LogP contribution in [0.2, 0.25) is 0 Å². The zero-order valence-corrected chi connectivity index (χ0v) is 6.73. The maximum Gasteiger partial charge on any atom is -0.0320 e. The van der Waals surface area contributed by atoms with E-state index in [0.29, 0.717) is 0 Å². The van der Waals surface area contributed by atoms with Crippen molar-refractivity contribution in [1.29, 1.82) is 0 Å². The minimum atomic E-state index is 0.981. The second kappa shape index (κ2) is 4.54. The molecule has 57 valence electrons. The van der Waals surface area contributed by atoms with Gasteiger partial charge in [0.15, 0.2) is 0 Å². The van der Waals surface area contributed by atoms with Gasteiger partial charge in [0.25, 0.3) is 0 Å². The fourth-order valence-electron chi connectivity index (χ4n) is 1.59. The van der Waals surface area contributed by atoms with Crippen LogP contribution in [0, 0.1) is 6.92 Å². The van der Waals surface area contributed by atoms with Crippen LogP contribution in [0.25, 0.3) is 0 Å². The van der Waals surface area contributed by atoms with E-state index in [2.05, 4.69) is 13.0 Å². The second-order valence-corrected chi connectivity index (χ2v) is 3.07. The molecule has 0 aliphatic heterocycles. The first-order valence-corrected chi connectivity index (χ1v) is 4.40. The van der Waals surface area contributed by atoms with Gasteiger partial charge in [0.2, 0.25) is 0 Å². The van der Waals surface area contributed by atoms with Gasteiger partial charge in [-0.1, -0.05) is 24.5 Å². The molecule has 0 bridgehead atoms. The third kappa shape index (κ3) is 2.55. The van der Waals surface area contributed by atoms with Crippen molar-refractivity contribution in [2.24, 2.45) is 0 Å². The topological polar surface area (TPSA) is 0 Å². The summed E-state index contributed by atoms with van der Waals surface area (Å²) < 4.78 is 0. The van der Waals surface area contributed by atoms with Crippen molar-refractivity contribution in [3.05, 3.63) is 18.6 Å². The molecular formula is C10H17. The normalized spacial score (nSPS) is 20.3. The molecule has 0 atom stereocenters. The van der Waals surface area contributed by atoms with Crippen LogP contribution in [0.3, 0.4) is 0 Å². The molecule has 1 saturated carbocycles. The molecule has 0 spiro atoms. The van der Waals surface area contributed by atoms with E-state index in [4.69, 9.17) is 0 Å². The van der Waals surface area contributed by atoms with E-state index < -0.39 is 0 Å². The summed E-state index contributed by atoms with van der Waals surface area (Å²) in [6.07, 6.45) is 11.7. The van der Waals surface area contributed by atoms with E-state index in [1.54, 1.807) is 5.57 Å². The molecule has 1 fully saturated rings. The first-order valence-electron chi connectivity index (χ1n) is 4.40. The minimum absolute atomic E-state index is 0.981. The van der Waals surface area contributed by atoms with Gasteiger partial charge in [-0.05, 0) is 39.0 Å². The lowest BCUT2D eigenvalue weighted by molar-refractivity contribution is 0.702. The van der Waals surface area contributed by atoms with Crippen LogP contribution < -0.4 is 0 Å². The van der Waals surface area contributed by atoms with Gasteiger partial charge in [-0.2, -0.15) is 0 Å². The Morgan fingerprint density at radius 1 is 1.10 bits per heavy atom. The lowest BCUT2D eigenvalue weighted by Gasteiger charge is -1.99. The Morgan fingerprint density at radius 3 is 2.20 bits per heavy atom. The van der Waals surface area contributed by atoms with Crippen LogP contribution in [-0.4, -0.2) is 0 Å². The molecule has 0 aromatic carbocycles. The molecule has 1 rings (SSSR count). The van der Waals surface area contributed by atoms with Crippen molar-refractivity contribution < 1.29 is 0 Å². The van der Waals surface area contributed by atoms with Gasteiger partial charge < -0.3 is 0 Å². The maximum atomic E-state index is 3.83. The Kier molecular flexibility index (Phi) is 3.56. The molecule has 1 aliphatic carbocycles. The van der Waals surface area contributed by atoms with Gasteiger partial charge in [0, 0.05) is 0 Å². The van der Waals surface area contributed by atoms with Crippen LogP contribution in [0.5, 0.6) is 0 Å². The first kappa shape index (κ1) is 7.84. The summed E-state index contributed by atoms with van der Waals surface area (Å²) >= 11 is 0. The predicted octanol–water partition coefficient (Wildman–Crippen LogP) is 3.49. The quantitative estimate of drug-likeness (QED) is 0.383. The highest BCUT2D eigenvalue weighted by Gasteiger charge is 2.02. The third-order valence-corrected chi connectivity index (χ3v) is 2.18. The Labute approximate surface area is 64.3 Å². The smallest absolute Gasteiger partial charge is 0.0320 e. The van der Waals surface area contributed by atoms with E-state index in [1.165, 1.54) is 38.5 Å². The van der Waals surface area contributed by atoms with Gasteiger partial charge in [-0.15, -0.1) is 0 Å². The Morgan fingerprint density at radius 2 is 1.70 bits per heavy atom. The molecule has 1 radical (unpaired) electrons. The summed E-state index contributed by atoms with van der Waals surface area (Å²) in [5.41, 5.74) is 1.66. The Balaban J connectivity index is 2.35. The summed E-state index contributed by atoms with van der Waals surface area (Å²) in [7, 11) is 0. The molecule has 0 heteroatoms. The number of allylic oxidation sites excluding steroid dienone is 2. The molecule has 0 unspecified atom stereocenters. The monoisotopic (exact) mass is 137 g/mol. The summed E-state index contributed by atoms with van der Waals surface area (Å²) in [5, 5.41) is 0. The van der Waals surface area contributed by atoms with E-state index in [-0.39, 0.29) is 0 Å². The van der Waals surface area contributed by atoms with Crippen molar-refractivity contribution >= 4 is 0 Å². The van der Waals surface area contributed by atoms with Crippen LogP contribution >= 0.6 is 0 Å². The Hall–Kier alpha value is -0.260. The van der Waals surface area contributed by atoms with Crippen molar-refractivity contribution in [2.75, 3.05) is 0 Å². The number of rotatable bonds is 1. The SMILES string of the molecule is [CH2]CC=C1CCCCCC1. The molecular weight excluding hydrogens is 120 g/mol. The summed E-state index contributed by atoms with van der Waals surface area (Å²) in [4.78, 5) is 0. The van der Waals surface area contributed by atoms with Crippen LogP contribution in [0.1, 0.15) is 44.9 Å². The van der Waals surface area contributed by atoms with Gasteiger partial charge in [-0.3, -0.25) is 0 Å². The van der Waals surface area contributed by atoms with E-state index in [1.807, 2.05) is 0 Å². The standard InChI is InChI=1S/C10H17/c1-2-7-10-8-5-3-4-6-9-10/h7H,1-6,8-9H2. The molecule has 0 amide bonds. The van der Waals surface area contributed by atoms with Crippen molar-refractivity contribution in [3.8, 4) is 0 Å². The minimum Gasteiger partial charge on any atom is -0.0853 e. The molecule has 1 aliphatic rings. The second-order valence-electron chi connectivity index (χ2n) is 3.07. The molecule has 0 nitrogen and oxygen atoms in total. The summed E-state index contributed by atoms with van der Waals surface area (Å²) in [6, 6.07) is 0. The number of hydrogen-bond acceptors (Lipinski definition) is 0. The average Bonchev–Trinajstić information content (AvgIpc) is 2.17. The summed E-state index contributed by atoms with van der Waals surface area (Å²) in [5.74, 6) is 0. The number of hydrogen-bond donors (Lipinski definition) is 0. The highest BCUT2D eigenvalue weighted by Crippen LogP contribution is 2.21. The fourth-order valence-corrected chi connectivity index (χ4v) is 1.59. The molecule has 0 N–H and O–H groups in total. The van der Waals surface area contributed by atoms with E-state index >= 15 is 0 Å². The fraction of sp³-hybridized carbons (Fsp3) is 0.700. The lowest BCUT2D eigenvalue weighted by atomic mass is 10.1. The molecule has 0 heterocycles. The summed E-state index contributed by atoms with van der Waals surface area (Å²) in [6.45, 7) is 3.83. The van der Waals surface area contributed by atoms with Crippen molar-refractivity contribution in [1.82, 2.24) is 0 Å². The first-order chi connectivity index (χ1) is 4.93. The zero-order valence-electron chi connectivity index (χ0n) is 6.73. The zero-order chi connectivity index (χ0) is 7.23. The molecule has 10 heavy (non-hydrogen) atoms. The van der Waals surface area contributed by atoms with Gasteiger partial charge in [0.1, 0.15) is 0 Å². The maximum absolute atomic E-state index is 3.83. The van der Waals surface area contributed by atoms with E-state index in [9.17, 15) is 0 Å². The molecule has 0 aromatic rings. The average molecular weight is 137 g/mol. The van der Waals surface area contributed by atoms with Gasteiger partial charge >= 0.3 is 0 Å². The van der Waals surface area contributed by atoms with Crippen LogP contribution in [0.4, 0.5) is 0 Å². The van der Waals surface area contributed by atoms with Gasteiger partial charge in [0.05, 0.1) is 0 Å². The molecule has 0 aromatic heterocycles. The van der Waals surface area contributed by atoms with Gasteiger partial charge in [-0.25, -0.2) is 0 Å². The van der Waals surface area contributed by atoms with Crippen LogP contribution in [0.15, 0.2) is 11.6 Å². The highest BCUT2D eigenvalue weighted by molar-refractivity contribution is 5.03. The predicted molar refractivity (Wildman–Crippen MR) is 45.8 cm³/mol.